The van der Waals surface area contributed by atoms with Gasteiger partial charge in [0.25, 0.3) is 0 Å². The minimum Gasteiger partial charge on any atom is -0.494 e. The third-order valence-corrected chi connectivity index (χ3v) is 3.76. The van der Waals surface area contributed by atoms with Crippen molar-refractivity contribution in [2.45, 2.75) is 59.0 Å². The minimum atomic E-state index is 0.152. The van der Waals surface area contributed by atoms with Crippen LogP contribution in [0.4, 0.5) is 0 Å². The van der Waals surface area contributed by atoms with Crippen LogP contribution in [-0.2, 0) is 6.54 Å². The number of nitrogens with one attached hydrogen (secondary N) is 1. The summed E-state index contributed by atoms with van der Waals surface area (Å²) >= 11 is 0. The molecule has 0 amide bonds. The predicted octanol–water partition coefficient (Wildman–Crippen LogP) is 3.75. The molecule has 0 aliphatic carbocycles. The standard InChI is InChI=1S/C18H31NO2/c1-4-5-6-7-12-21-17-10-8-16(9-11-17)13-19-18(14-20)15(2)3/h8-11,15,18-20H,4-7,12-14H2,1-3H3/t18-/m0/s1. The monoisotopic (exact) mass is 293 g/mol. The third kappa shape index (κ3) is 7.49. The van der Waals surface area contributed by atoms with Crippen molar-refractivity contribution in [2.24, 2.45) is 5.92 Å². The molecule has 120 valence electrons. The molecule has 1 aromatic rings. The van der Waals surface area contributed by atoms with Gasteiger partial charge in [-0.15, -0.1) is 0 Å². The van der Waals surface area contributed by atoms with Gasteiger partial charge in [-0.1, -0.05) is 52.2 Å². The summed E-state index contributed by atoms with van der Waals surface area (Å²) in [7, 11) is 0. The molecule has 0 aliphatic heterocycles. The van der Waals surface area contributed by atoms with E-state index in [1.54, 1.807) is 0 Å². The Kier molecular flexibility index (Phi) is 9.11. The highest BCUT2D eigenvalue weighted by atomic mass is 16.5. The SMILES string of the molecule is CCCCCCOc1ccc(CN[C@@H](CO)C(C)C)cc1. The molecular weight excluding hydrogens is 262 g/mol. The van der Waals surface area contributed by atoms with Crippen molar-refractivity contribution in [1.29, 1.82) is 0 Å². The average molecular weight is 293 g/mol. The Morgan fingerprint density at radius 3 is 2.38 bits per heavy atom. The molecule has 0 radical (unpaired) electrons. The van der Waals surface area contributed by atoms with Crippen molar-refractivity contribution in [3.05, 3.63) is 29.8 Å². The summed E-state index contributed by atoms with van der Waals surface area (Å²) in [6.07, 6.45) is 4.92. The van der Waals surface area contributed by atoms with Crippen LogP contribution in [-0.4, -0.2) is 24.4 Å². The zero-order valence-electron chi connectivity index (χ0n) is 13.8. The van der Waals surface area contributed by atoms with Gasteiger partial charge in [0.2, 0.25) is 0 Å². The Bertz CT molecular complexity index is 362. The lowest BCUT2D eigenvalue weighted by molar-refractivity contribution is 0.210. The quantitative estimate of drug-likeness (QED) is 0.611. The first-order chi connectivity index (χ1) is 10.2. The smallest absolute Gasteiger partial charge is 0.119 e. The Hall–Kier alpha value is -1.06. The van der Waals surface area contributed by atoms with Crippen LogP contribution in [0.5, 0.6) is 5.75 Å². The fraction of sp³-hybridized carbons (Fsp3) is 0.667. The molecule has 1 atom stereocenters. The summed E-state index contributed by atoms with van der Waals surface area (Å²) in [6, 6.07) is 8.38. The van der Waals surface area contributed by atoms with E-state index < -0.39 is 0 Å². The normalized spacial score (nSPS) is 12.6. The maximum atomic E-state index is 9.29. The zero-order chi connectivity index (χ0) is 15.5. The van der Waals surface area contributed by atoms with Crippen LogP contribution >= 0.6 is 0 Å². The summed E-state index contributed by atoms with van der Waals surface area (Å²) < 4.78 is 5.73. The summed E-state index contributed by atoms with van der Waals surface area (Å²) in [5, 5.41) is 12.7. The molecule has 3 nitrogen and oxygen atoms in total. The fourth-order valence-electron chi connectivity index (χ4n) is 2.18. The molecule has 0 saturated heterocycles. The van der Waals surface area contributed by atoms with Gasteiger partial charge in [0.15, 0.2) is 0 Å². The van der Waals surface area contributed by atoms with Crippen molar-refractivity contribution in [3.63, 3.8) is 0 Å². The van der Waals surface area contributed by atoms with E-state index >= 15 is 0 Å². The largest absolute Gasteiger partial charge is 0.494 e. The van der Waals surface area contributed by atoms with Gasteiger partial charge in [-0.25, -0.2) is 0 Å². The van der Waals surface area contributed by atoms with Gasteiger partial charge in [-0.05, 0) is 30.0 Å². The van der Waals surface area contributed by atoms with E-state index in [9.17, 15) is 5.11 Å². The van der Waals surface area contributed by atoms with Crippen molar-refractivity contribution >= 4 is 0 Å². The lowest BCUT2D eigenvalue weighted by atomic mass is 10.1. The van der Waals surface area contributed by atoms with Gasteiger partial charge in [0.1, 0.15) is 5.75 Å². The first-order valence-electron chi connectivity index (χ1n) is 8.23. The molecule has 2 N–H and O–H groups in total. The van der Waals surface area contributed by atoms with Crippen LogP contribution in [0, 0.1) is 5.92 Å². The van der Waals surface area contributed by atoms with E-state index in [0.717, 1.165) is 25.3 Å². The molecular formula is C18H31NO2. The number of hydrogen-bond donors (Lipinski definition) is 2. The minimum absolute atomic E-state index is 0.152. The summed E-state index contributed by atoms with van der Waals surface area (Å²) in [6.45, 7) is 8.20. The maximum Gasteiger partial charge on any atom is 0.119 e. The van der Waals surface area contributed by atoms with E-state index in [-0.39, 0.29) is 12.6 Å². The second-order valence-corrected chi connectivity index (χ2v) is 5.97. The average Bonchev–Trinajstić information content (AvgIpc) is 2.49. The summed E-state index contributed by atoms with van der Waals surface area (Å²) in [4.78, 5) is 0. The van der Waals surface area contributed by atoms with Gasteiger partial charge in [0, 0.05) is 12.6 Å². The highest BCUT2D eigenvalue weighted by Gasteiger charge is 2.10. The van der Waals surface area contributed by atoms with E-state index in [1.165, 1.54) is 24.8 Å². The second kappa shape index (κ2) is 10.6. The van der Waals surface area contributed by atoms with E-state index in [4.69, 9.17) is 4.74 Å². The second-order valence-electron chi connectivity index (χ2n) is 5.97. The van der Waals surface area contributed by atoms with Gasteiger partial charge in [-0.2, -0.15) is 0 Å². The Labute approximate surface area is 129 Å². The van der Waals surface area contributed by atoms with Crippen LogP contribution in [0.25, 0.3) is 0 Å². The molecule has 0 aromatic heterocycles. The number of aliphatic hydroxyl groups excluding tert-OH is 1. The van der Waals surface area contributed by atoms with Gasteiger partial charge in [-0.3, -0.25) is 0 Å². The first kappa shape index (κ1) is 18.0. The third-order valence-electron chi connectivity index (χ3n) is 3.76. The number of ether oxygens (including phenoxy) is 1. The fourth-order valence-corrected chi connectivity index (χ4v) is 2.18. The van der Waals surface area contributed by atoms with Crippen LogP contribution < -0.4 is 10.1 Å². The predicted molar refractivity (Wildman–Crippen MR) is 88.6 cm³/mol. The lowest BCUT2D eigenvalue weighted by Gasteiger charge is -2.20. The molecule has 1 rings (SSSR count). The molecule has 0 bridgehead atoms. The van der Waals surface area contributed by atoms with Gasteiger partial charge >= 0.3 is 0 Å². The van der Waals surface area contributed by atoms with E-state index in [2.05, 4.69) is 38.2 Å². The van der Waals surface area contributed by atoms with Gasteiger partial charge in [0.05, 0.1) is 13.2 Å². The number of hydrogen-bond acceptors (Lipinski definition) is 3. The molecule has 0 fully saturated rings. The topological polar surface area (TPSA) is 41.5 Å². The van der Waals surface area contributed by atoms with Crippen LogP contribution in [0.15, 0.2) is 24.3 Å². The van der Waals surface area contributed by atoms with E-state index in [1.807, 2.05) is 12.1 Å². The molecule has 21 heavy (non-hydrogen) atoms. The highest BCUT2D eigenvalue weighted by Crippen LogP contribution is 2.13. The van der Waals surface area contributed by atoms with Gasteiger partial charge < -0.3 is 15.2 Å². The molecule has 0 saturated carbocycles. The van der Waals surface area contributed by atoms with E-state index in [0.29, 0.717) is 5.92 Å². The van der Waals surface area contributed by atoms with Crippen molar-refractivity contribution < 1.29 is 9.84 Å². The van der Waals surface area contributed by atoms with Crippen molar-refractivity contribution in [2.75, 3.05) is 13.2 Å². The Morgan fingerprint density at radius 2 is 1.81 bits per heavy atom. The molecule has 0 heterocycles. The summed E-state index contributed by atoms with van der Waals surface area (Å²) in [5.74, 6) is 1.37. The Balaban J connectivity index is 2.29. The van der Waals surface area contributed by atoms with Crippen LogP contribution in [0.2, 0.25) is 0 Å². The molecule has 0 aliphatic rings. The Morgan fingerprint density at radius 1 is 1.10 bits per heavy atom. The molecule has 0 spiro atoms. The van der Waals surface area contributed by atoms with Crippen molar-refractivity contribution in [3.8, 4) is 5.75 Å². The van der Waals surface area contributed by atoms with Crippen LogP contribution in [0.1, 0.15) is 52.0 Å². The lowest BCUT2D eigenvalue weighted by Crippen LogP contribution is -2.36. The van der Waals surface area contributed by atoms with Crippen LogP contribution in [0.3, 0.4) is 0 Å². The number of unbranched alkanes of at least 4 members (excludes halogenated alkanes) is 3. The number of benzene rings is 1. The number of rotatable bonds is 11. The molecule has 1 aromatic carbocycles. The molecule has 3 heteroatoms. The van der Waals surface area contributed by atoms with Crippen molar-refractivity contribution in [1.82, 2.24) is 5.32 Å². The first-order valence-corrected chi connectivity index (χ1v) is 8.23. The summed E-state index contributed by atoms with van der Waals surface area (Å²) in [5.41, 5.74) is 1.22. The maximum absolute atomic E-state index is 9.29. The highest BCUT2D eigenvalue weighted by molar-refractivity contribution is 5.27. The zero-order valence-corrected chi connectivity index (χ0v) is 13.8. The number of aliphatic hydroxyl groups is 1. The molecule has 0 unspecified atom stereocenters.